The zero-order valence-corrected chi connectivity index (χ0v) is 14.0. The van der Waals surface area contributed by atoms with E-state index >= 15 is 0 Å². The van der Waals surface area contributed by atoms with Crippen LogP contribution in [0.3, 0.4) is 0 Å². The molecule has 2 N–H and O–H groups in total. The van der Waals surface area contributed by atoms with Crippen LogP contribution in [0.5, 0.6) is 0 Å². The van der Waals surface area contributed by atoms with Gasteiger partial charge in [0.25, 0.3) is 0 Å². The summed E-state index contributed by atoms with van der Waals surface area (Å²) in [6.07, 6.45) is 1.07. The highest BCUT2D eigenvalue weighted by atomic mass is 127. The average molecular weight is 405 g/mol. The van der Waals surface area contributed by atoms with Crippen molar-refractivity contribution in [2.24, 2.45) is 0 Å². The topological polar surface area (TPSA) is 66.4 Å². The summed E-state index contributed by atoms with van der Waals surface area (Å²) >= 11 is 2.04. The van der Waals surface area contributed by atoms with Crippen LogP contribution < -0.4 is 5.32 Å². The molecule has 1 aromatic rings. The number of aliphatic hydroxyl groups is 1. The summed E-state index contributed by atoms with van der Waals surface area (Å²) in [6.45, 7) is 3.53. The van der Waals surface area contributed by atoms with Crippen molar-refractivity contribution in [1.82, 2.24) is 5.32 Å². The molecule has 0 radical (unpaired) electrons. The number of carbonyl (C=O) groups is 2. The Labute approximate surface area is 136 Å². The van der Waals surface area contributed by atoms with Crippen LogP contribution >= 0.6 is 22.6 Å². The lowest BCUT2D eigenvalue weighted by Crippen LogP contribution is -2.21. The number of aliphatic hydroxyl groups excluding tert-OH is 1. The third-order valence-electron chi connectivity index (χ3n) is 3.03. The highest BCUT2D eigenvalue weighted by Gasteiger charge is 2.20. The summed E-state index contributed by atoms with van der Waals surface area (Å²) in [5.41, 5.74) is 0.876. The molecule has 4 nitrogen and oxygen atoms in total. The molecule has 0 bridgehead atoms. The van der Waals surface area contributed by atoms with E-state index in [1.165, 1.54) is 12.1 Å². The van der Waals surface area contributed by atoms with Crippen LogP contribution in [-0.4, -0.2) is 30.3 Å². The van der Waals surface area contributed by atoms with Crippen molar-refractivity contribution < 1.29 is 19.1 Å². The maximum absolute atomic E-state index is 14.1. The largest absolute Gasteiger partial charge is 0.395 e. The molecule has 0 spiro atoms. The second kappa shape index (κ2) is 8.23. The second-order valence-electron chi connectivity index (χ2n) is 4.41. The summed E-state index contributed by atoms with van der Waals surface area (Å²) in [5, 5.41) is 11.5. The molecule has 114 valence electrons. The molecule has 0 saturated heterocycles. The number of rotatable bonds is 7. The summed E-state index contributed by atoms with van der Waals surface area (Å²) in [4.78, 5) is 23.5. The maximum Gasteiger partial charge on any atom is 0.201 e. The van der Waals surface area contributed by atoms with Gasteiger partial charge in [-0.25, -0.2) is 4.39 Å². The summed E-state index contributed by atoms with van der Waals surface area (Å²) in [5.74, 6) is -1.29. The molecule has 0 fully saturated rings. The van der Waals surface area contributed by atoms with E-state index in [0.717, 1.165) is 9.13 Å². The zero-order valence-electron chi connectivity index (χ0n) is 11.9. The second-order valence-corrected chi connectivity index (χ2v) is 5.58. The van der Waals surface area contributed by atoms with Gasteiger partial charge in [0.15, 0.2) is 6.29 Å². The molecule has 21 heavy (non-hydrogen) atoms. The van der Waals surface area contributed by atoms with Gasteiger partial charge in [-0.1, -0.05) is 6.92 Å². The minimum atomic E-state index is -0.661. The predicted molar refractivity (Wildman–Crippen MR) is 86.7 cm³/mol. The fourth-order valence-corrected chi connectivity index (χ4v) is 2.68. The van der Waals surface area contributed by atoms with Crippen LogP contribution in [0.4, 0.5) is 4.39 Å². The highest BCUT2D eigenvalue weighted by molar-refractivity contribution is 14.1. The van der Waals surface area contributed by atoms with E-state index in [1.54, 1.807) is 6.92 Å². The van der Waals surface area contributed by atoms with Crippen molar-refractivity contribution >= 4 is 34.7 Å². The summed E-state index contributed by atoms with van der Waals surface area (Å²) < 4.78 is 14.8. The third-order valence-corrected chi connectivity index (χ3v) is 4.03. The molecule has 1 aromatic carbocycles. The van der Waals surface area contributed by atoms with Gasteiger partial charge in [0.05, 0.1) is 17.7 Å². The van der Waals surface area contributed by atoms with E-state index in [2.05, 4.69) is 5.32 Å². The lowest BCUT2D eigenvalue weighted by Gasteiger charge is -2.10. The molecular weight excluding hydrogens is 388 g/mol. The van der Waals surface area contributed by atoms with Crippen molar-refractivity contribution in [2.75, 3.05) is 13.2 Å². The van der Waals surface area contributed by atoms with Crippen molar-refractivity contribution in [3.63, 3.8) is 0 Å². The van der Waals surface area contributed by atoms with Crippen LogP contribution in [0, 0.1) is 9.39 Å². The smallest absolute Gasteiger partial charge is 0.201 e. The zero-order chi connectivity index (χ0) is 16.0. The maximum atomic E-state index is 14.1. The van der Waals surface area contributed by atoms with Gasteiger partial charge in [-0.3, -0.25) is 9.59 Å². The number of carbonyl (C=O) groups excluding carboxylic acids is 2. The molecule has 0 aliphatic rings. The quantitative estimate of drug-likeness (QED) is 0.182. The number of aldehydes is 1. The Morgan fingerprint density at radius 1 is 1.48 bits per heavy atom. The molecule has 0 atom stereocenters. The van der Waals surface area contributed by atoms with Crippen LogP contribution in [0.15, 0.2) is 23.4 Å². The SMILES string of the molecule is CCc1cc(F)c(C(=O)/C(C=O)=C(\C)NCCO)cc1I. The molecule has 0 aromatic heterocycles. The number of hydrogen-bond donors (Lipinski definition) is 2. The van der Waals surface area contributed by atoms with Gasteiger partial charge in [0, 0.05) is 15.8 Å². The fraction of sp³-hybridized carbons (Fsp3) is 0.333. The first-order chi connectivity index (χ1) is 9.96. The van der Waals surface area contributed by atoms with Crippen LogP contribution in [0.25, 0.3) is 0 Å². The number of hydrogen-bond acceptors (Lipinski definition) is 4. The Morgan fingerprint density at radius 2 is 2.14 bits per heavy atom. The highest BCUT2D eigenvalue weighted by Crippen LogP contribution is 2.21. The van der Waals surface area contributed by atoms with Gasteiger partial charge >= 0.3 is 0 Å². The Hall–Kier alpha value is -1.28. The van der Waals surface area contributed by atoms with Gasteiger partial charge in [-0.2, -0.15) is 0 Å². The Kier molecular flexibility index (Phi) is 6.97. The van der Waals surface area contributed by atoms with Crippen molar-refractivity contribution in [1.29, 1.82) is 0 Å². The summed E-state index contributed by atoms with van der Waals surface area (Å²) in [6, 6.07) is 2.79. The minimum absolute atomic E-state index is 0.121. The van der Waals surface area contributed by atoms with Gasteiger partial charge < -0.3 is 10.4 Å². The van der Waals surface area contributed by atoms with Crippen LogP contribution in [0.1, 0.15) is 29.8 Å². The first-order valence-electron chi connectivity index (χ1n) is 6.49. The molecule has 0 aliphatic carbocycles. The van der Waals surface area contributed by atoms with Crippen molar-refractivity contribution in [3.05, 3.63) is 43.9 Å². The lowest BCUT2D eigenvalue weighted by atomic mass is 10.00. The monoisotopic (exact) mass is 405 g/mol. The van der Waals surface area contributed by atoms with E-state index in [9.17, 15) is 14.0 Å². The standard InChI is InChI=1S/C15H17FINO3/c1-3-10-6-13(16)11(7-14(10)17)15(21)12(8-20)9(2)18-4-5-19/h6-8,18-19H,3-5H2,1-2H3/b12-9+. The fourth-order valence-electron chi connectivity index (χ4n) is 1.83. The number of ketones is 1. The molecule has 0 amide bonds. The number of halogens is 2. The van der Waals surface area contributed by atoms with Gasteiger partial charge in [0.1, 0.15) is 5.82 Å². The molecule has 0 aliphatic heterocycles. The van der Waals surface area contributed by atoms with Crippen molar-refractivity contribution in [2.45, 2.75) is 20.3 Å². The molecule has 0 saturated carbocycles. The molecule has 6 heteroatoms. The number of Topliss-reactive ketones (excluding diaryl/α,β-unsaturated/α-hetero) is 1. The van der Waals surface area contributed by atoms with E-state index in [0.29, 0.717) is 18.4 Å². The number of allylic oxidation sites excluding steroid dienone is 2. The molecule has 0 unspecified atom stereocenters. The average Bonchev–Trinajstić information content (AvgIpc) is 2.47. The number of benzene rings is 1. The molecule has 0 heterocycles. The Balaban J connectivity index is 3.23. The lowest BCUT2D eigenvalue weighted by molar-refractivity contribution is -0.104. The number of nitrogens with one attached hydrogen (secondary N) is 1. The van der Waals surface area contributed by atoms with Crippen LogP contribution in [0.2, 0.25) is 0 Å². The normalized spacial score (nSPS) is 11.9. The predicted octanol–water partition coefficient (Wildman–Crippen LogP) is 2.23. The van der Waals surface area contributed by atoms with Gasteiger partial charge in [0.2, 0.25) is 5.78 Å². The minimum Gasteiger partial charge on any atom is -0.395 e. The first kappa shape index (κ1) is 17.8. The van der Waals surface area contributed by atoms with E-state index in [-0.39, 0.29) is 24.3 Å². The number of aryl methyl sites for hydroxylation is 1. The van der Waals surface area contributed by atoms with E-state index < -0.39 is 11.6 Å². The van der Waals surface area contributed by atoms with Crippen LogP contribution in [-0.2, 0) is 11.2 Å². The Bertz CT molecular complexity index is 585. The van der Waals surface area contributed by atoms with Gasteiger partial charge in [-0.15, -0.1) is 0 Å². The van der Waals surface area contributed by atoms with Gasteiger partial charge in [-0.05, 0) is 53.6 Å². The summed E-state index contributed by atoms with van der Waals surface area (Å²) in [7, 11) is 0. The first-order valence-corrected chi connectivity index (χ1v) is 7.57. The molecule has 1 rings (SSSR count). The van der Waals surface area contributed by atoms with E-state index in [1.807, 2.05) is 29.5 Å². The van der Waals surface area contributed by atoms with E-state index in [4.69, 9.17) is 5.11 Å². The third kappa shape index (κ3) is 4.34. The van der Waals surface area contributed by atoms with Crippen molar-refractivity contribution in [3.8, 4) is 0 Å². The Morgan fingerprint density at radius 3 is 2.67 bits per heavy atom. The molecular formula is C15H17FINO3.